The summed E-state index contributed by atoms with van der Waals surface area (Å²) in [6.45, 7) is 4.60. The highest BCUT2D eigenvalue weighted by Crippen LogP contribution is 2.16. The topological polar surface area (TPSA) is 35.2 Å². The molecule has 84 valence electrons. The third kappa shape index (κ3) is 4.60. The molecule has 15 heavy (non-hydrogen) atoms. The second-order valence-electron chi connectivity index (χ2n) is 4.23. The Kier molecular flexibility index (Phi) is 4.08. The minimum atomic E-state index is -0.417. The van der Waals surface area contributed by atoms with Crippen LogP contribution in [0.5, 0.6) is 0 Å². The molecule has 0 atom stereocenters. The first kappa shape index (κ1) is 12.4. The Morgan fingerprint density at radius 2 is 2.13 bits per heavy atom. The quantitative estimate of drug-likeness (QED) is 0.865. The second kappa shape index (κ2) is 4.92. The summed E-state index contributed by atoms with van der Waals surface area (Å²) < 4.78 is 18.2. The molecule has 0 heterocycles. The average molecular weight is 232 g/mol. The number of ether oxygens (including phenoxy) is 1. The molecule has 0 bridgehead atoms. The Morgan fingerprint density at radius 3 is 2.67 bits per heavy atom. The fourth-order valence-electron chi connectivity index (χ4n) is 1.06. The van der Waals surface area contributed by atoms with E-state index in [1.165, 1.54) is 6.07 Å². The molecular formula is C11H15ClFNO. The highest BCUT2D eigenvalue weighted by Gasteiger charge is 2.10. The van der Waals surface area contributed by atoms with E-state index >= 15 is 0 Å². The predicted octanol–water partition coefficient (Wildman–Crippen LogP) is 2.73. The normalized spacial score (nSPS) is 11.8. The lowest BCUT2D eigenvalue weighted by molar-refractivity contribution is 0.0850. The third-order valence-electron chi connectivity index (χ3n) is 1.73. The SMILES string of the molecule is CC(C)(N)COCc1ccc(F)c(Cl)c1. The van der Waals surface area contributed by atoms with Crippen LogP contribution in [-0.4, -0.2) is 12.1 Å². The van der Waals surface area contributed by atoms with E-state index in [4.69, 9.17) is 22.1 Å². The van der Waals surface area contributed by atoms with Crippen LogP contribution in [0.3, 0.4) is 0 Å². The number of benzene rings is 1. The first-order valence-electron chi connectivity index (χ1n) is 4.69. The number of rotatable bonds is 4. The molecule has 0 aliphatic heterocycles. The monoisotopic (exact) mass is 231 g/mol. The zero-order chi connectivity index (χ0) is 11.5. The van der Waals surface area contributed by atoms with Gasteiger partial charge in [-0.1, -0.05) is 17.7 Å². The van der Waals surface area contributed by atoms with Gasteiger partial charge in [0.05, 0.1) is 18.2 Å². The smallest absolute Gasteiger partial charge is 0.141 e. The van der Waals surface area contributed by atoms with Crippen molar-refractivity contribution in [1.29, 1.82) is 0 Å². The first-order chi connectivity index (χ1) is 6.88. The lowest BCUT2D eigenvalue weighted by atomic mass is 10.1. The Hall–Kier alpha value is -0.640. The van der Waals surface area contributed by atoms with Gasteiger partial charge in [0.25, 0.3) is 0 Å². The Labute approximate surface area is 94.2 Å². The maximum atomic E-state index is 12.8. The van der Waals surface area contributed by atoms with Crippen molar-refractivity contribution < 1.29 is 9.13 Å². The molecule has 1 aromatic rings. The van der Waals surface area contributed by atoms with Crippen molar-refractivity contribution in [3.05, 3.63) is 34.6 Å². The molecule has 4 heteroatoms. The summed E-state index contributed by atoms with van der Waals surface area (Å²) >= 11 is 5.63. The number of nitrogens with two attached hydrogens (primary N) is 1. The summed E-state index contributed by atoms with van der Waals surface area (Å²) in [6.07, 6.45) is 0. The van der Waals surface area contributed by atoms with Gasteiger partial charge in [-0.3, -0.25) is 0 Å². The zero-order valence-corrected chi connectivity index (χ0v) is 9.64. The van der Waals surface area contributed by atoms with E-state index < -0.39 is 5.82 Å². The minimum absolute atomic E-state index is 0.114. The Morgan fingerprint density at radius 1 is 1.47 bits per heavy atom. The van der Waals surface area contributed by atoms with Gasteiger partial charge in [-0.05, 0) is 31.5 Å². The van der Waals surface area contributed by atoms with Crippen LogP contribution in [0.25, 0.3) is 0 Å². The van der Waals surface area contributed by atoms with Crippen molar-refractivity contribution in [2.45, 2.75) is 26.0 Å². The fraction of sp³-hybridized carbons (Fsp3) is 0.455. The molecule has 0 spiro atoms. The molecule has 1 aromatic carbocycles. The number of hydrogen-bond donors (Lipinski definition) is 1. The molecule has 2 N–H and O–H groups in total. The summed E-state index contributed by atoms with van der Waals surface area (Å²) in [5.41, 5.74) is 6.22. The maximum Gasteiger partial charge on any atom is 0.141 e. The van der Waals surface area contributed by atoms with Gasteiger partial charge in [0.15, 0.2) is 0 Å². The van der Waals surface area contributed by atoms with Crippen molar-refractivity contribution in [2.75, 3.05) is 6.61 Å². The van der Waals surface area contributed by atoms with E-state index in [0.717, 1.165) is 5.56 Å². The van der Waals surface area contributed by atoms with Gasteiger partial charge in [-0.15, -0.1) is 0 Å². The molecule has 0 aromatic heterocycles. The highest BCUT2D eigenvalue weighted by atomic mass is 35.5. The van der Waals surface area contributed by atoms with Crippen molar-refractivity contribution in [3.8, 4) is 0 Å². The van der Waals surface area contributed by atoms with E-state index in [1.54, 1.807) is 12.1 Å². The number of hydrogen-bond acceptors (Lipinski definition) is 2. The molecule has 0 radical (unpaired) electrons. The van der Waals surface area contributed by atoms with E-state index in [1.807, 2.05) is 13.8 Å². The van der Waals surface area contributed by atoms with E-state index in [2.05, 4.69) is 0 Å². The van der Waals surface area contributed by atoms with Gasteiger partial charge in [-0.2, -0.15) is 0 Å². The van der Waals surface area contributed by atoms with Crippen LogP contribution in [0.4, 0.5) is 4.39 Å². The Balaban J connectivity index is 2.48. The van der Waals surface area contributed by atoms with Crippen molar-refractivity contribution in [3.63, 3.8) is 0 Å². The molecule has 1 rings (SSSR count). The van der Waals surface area contributed by atoms with E-state index in [9.17, 15) is 4.39 Å². The molecule has 0 unspecified atom stereocenters. The van der Waals surface area contributed by atoms with Crippen molar-refractivity contribution >= 4 is 11.6 Å². The first-order valence-corrected chi connectivity index (χ1v) is 5.07. The Bertz CT molecular complexity index is 336. The average Bonchev–Trinajstić information content (AvgIpc) is 2.09. The highest BCUT2D eigenvalue weighted by molar-refractivity contribution is 6.30. The summed E-state index contributed by atoms with van der Waals surface area (Å²) in [4.78, 5) is 0. The van der Waals surface area contributed by atoms with Gasteiger partial charge < -0.3 is 10.5 Å². The van der Waals surface area contributed by atoms with Crippen LogP contribution < -0.4 is 5.73 Å². The van der Waals surface area contributed by atoms with Gasteiger partial charge in [0, 0.05) is 5.54 Å². The van der Waals surface area contributed by atoms with Gasteiger partial charge >= 0.3 is 0 Å². The minimum Gasteiger partial charge on any atom is -0.375 e. The molecular weight excluding hydrogens is 217 g/mol. The summed E-state index contributed by atoms with van der Waals surface area (Å²) in [7, 11) is 0. The zero-order valence-electron chi connectivity index (χ0n) is 8.89. The summed E-state index contributed by atoms with van der Waals surface area (Å²) in [5, 5.41) is 0.114. The predicted molar refractivity (Wildman–Crippen MR) is 59.3 cm³/mol. The molecule has 0 amide bonds. The van der Waals surface area contributed by atoms with Crippen LogP contribution in [0.2, 0.25) is 5.02 Å². The third-order valence-corrected chi connectivity index (χ3v) is 2.02. The largest absolute Gasteiger partial charge is 0.375 e. The lowest BCUT2D eigenvalue weighted by Gasteiger charge is -2.18. The molecule has 0 saturated carbocycles. The second-order valence-corrected chi connectivity index (χ2v) is 4.64. The van der Waals surface area contributed by atoms with Gasteiger partial charge in [0.2, 0.25) is 0 Å². The number of halogens is 2. The van der Waals surface area contributed by atoms with Crippen LogP contribution in [0, 0.1) is 5.82 Å². The molecule has 0 fully saturated rings. The molecule has 2 nitrogen and oxygen atoms in total. The van der Waals surface area contributed by atoms with E-state index in [-0.39, 0.29) is 10.6 Å². The molecule has 0 aliphatic rings. The van der Waals surface area contributed by atoms with Crippen LogP contribution in [0.15, 0.2) is 18.2 Å². The van der Waals surface area contributed by atoms with Crippen molar-refractivity contribution in [2.24, 2.45) is 5.73 Å². The molecule has 0 aliphatic carbocycles. The summed E-state index contributed by atoms with van der Waals surface area (Å²) in [5.74, 6) is -0.417. The van der Waals surface area contributed by atoms with E-state index in [0.29, 0.717) is 13.2 Å². The fourth-order valence-corrected chi connectivity index (χ4v) is 1.26. The van der Waals surface area contributed by atoms with Gasteiger partial charge in [-0.25, -0.2) is 4.39 Å². The standard InChI is InChI=1S/C11H15ClFNO/c1-11(2,14)7-15-6-8-3-4-10(13)9(12)5-8/h3-5H,6-7,14H2,1-2H3. The lowest BCUT2D eigenvalue weighted by Crippen LogP contribution is -2.37. The van der Waals surface area contributed by atoms with Crippen LogP contribution in [-0.2, 0) is 11.3 Å². The molecule has 0 saturated heterocycles. The van der Waals surface area contributed by atoms with Crippen molar-refractivity contribution in [1.82, 2.24) is 0 Å². The summed E-state index contributed by atoms with van der Waals surface area (Å²) in [6, 6.07) is 4.53. The van der Waals surface area contributed by atoms with Crippen LogP contribution >= 0.6 is 11.6 Å². The maximum absolute atomic E-state index is 12.8. The van der Waals surface area contributed by atoms with Crippen LogP contribution in [0.1, 0.15) is 19.4 Å². The van der Waals surface area contributed by atoms with Gasteiger partial charge in [0.1, 0.15) is 5.82 Å².